The molecule has 0 unspecified atom stereocenters. The van der Waals surface area contributed by atoms with Gasteiger partial charge in [-0.05, 0) is 19.4 Å². The molecule has 0 spiro atoms. The molecule has 0 atom stereocenters. The van der Waals surface area contributed by atoms with Crippen molar-refractivity contribution in [3.63, 3.8) is 0 Å². The summed E-state index contributed by atoms with van der Waals surface area (Å²) >= 11 is 0. The van der Waals surface area contributed by atoms with Crippen LogP contribution in [0.15, 0.2) is 0 Å². The lowest BCUT2D eigenvalue weighted by molar-refractivity contribution is 0.195. The van der Waals surface area contributed by atoms with E-state index in [0.29, 0.717) is 32.2 Å². The lowest BCUT2D eigenvalue weighted by Crippen LogP contribution is -2.40. The highest BCUT2D eigenvalue weighted by molar-refractivity contribution is 7.87. The van der Waals surface area contributed by atoms with Crippen LogP contribution in [0.2, 0.25) is 0 Å². The van der Waals surface area contributed by atoms with Crippen LogP contribution >= 0.6 is 0 Å². The summed E-state index contributed by atoms with van der Waals surface area (Å²) in [7, 11) is -0.151. The Morgan fingerprint density at radius 3 is 2.44 bits per heavy atom. The topological polar surface area (TPSA) is 70.7 Å². The van der Waals surface area contributed by atoms with Crippen LogP contribution in [0.5, 0.6) is 0 Å². The fourth-order valence-corrected chi connectivity index (χ4v) is 2.33. The summed E-state index contributed by atoms with van der Waals surface area (Å²) in [5.41, 5.74) is 0. The van der Waals surface area contributed by atoms with E-state index in [2.05, 4.69) is 23.9 Å². The van der Waals surface area contributed by atoms with Crippen LogP contribution in [0.3, 0.4) is 0 Å². The standard InChI is InChI=1S/C11H27N3O3S/c1-11(2)12-7-5-9-14(3)18(15,16)13-8-6-10-17-4/h11-13H,5-10H2,1-4H3. The van der Waals surface area contributed by atoms with Gasteiger partial charge in [0.2, 0.25) is 0 Å². The van der Waals surface area contributed by atoms with Crippen molar-refractivity contribution in [2.24, 2.45) is 0 Å². The van der Waals surface area contributed by atoms with E-state index in [4.69, 9.17) is 4.74 Å². The molecule has 0 amide bonds. The Kier molecular flexibility index (Phi) is 9.57. The minimum absolute atomic E-state index is 0.407. The zero-order chi connectivity index (χ0) is 14.0. The van der Waals surface area contributed by atoms with Gasteiger partial charge < -0.3 is 10.1 Å². The highest BCUT2D eigenvalue weighted by atomic mass is 32.2. The van der Waals surface area contributed by atoms with Crippen LogP contribution in [-0.4, -0.2) is 59.2 Å². The molecule has 0 heterocycles. The largest absolute Gasteiger partial charge is 0.385 e. The smallest absolute Gasteiger partial charge is 0.279 e. The third-order valence-corrected chi connectivity index (χ3v) is 3.99. The van der Waals surface area contributed by atoms with Gasteiger partial charge in [0.05, 0.1) is 0 Å². The molecule has 0 saturated carbocycles. The molecule has 0 radical (unpaired) electrons. The first-order valence-corrected chi connectivity index (χ1v) is 7.77. The van der Waals surface area contributed by atoms with Gasteiger partial charge in [0.25, 0.3) is 10.2 Å². The number of hydrogen-bond donors (Lipinski definition) is 2. The zero-order valence-electron chi connectivity index (χ0n) is 11.9. The van der Waals surface area contributed by atoms with Crippen LogP contribution in [-0.2, 0) is 14.9 Å². The number of nitrogens with zero attached hydrogens (tertiary/aromatic N) is 1. The third kappa shape index (κ3) is 8.82. The summed E-state index contributed by atoms with van der Waals surface area (Å²) in [6, 6.07) is 0.430. The van der Waals surface area contributed by atoms with E-state index in [-0.39, 0.29) is 0 Å². The molecule has 0 aromatic heterocycles. The predicted molar refractivity (Wildman–Crippen MR) is 73.8 cm³/mol. The molecular formula is C11H27N3O3S. The number of hydrogen-bond acceptors (Lipinski definition) is 4. The molecule has 0 rings (SSSR count). The Hall–Kier alpha value is -0.210. The Morgan fingerprint density at radius 1 is 1.22 bits per heavy atom. The second-order valence-corrected chi connectivity index (χ2v) is 6.39. The van der Waals surface area contributed by atoms with E-state index >= 15 is 0 Å². The van der Waals surface area contributed by atoms with E-state index in [1.54, 1.807) is 14.2 Å². The monoisotopic (exact) mass is 281 g/mol. The highest BCUT2D eigenvalue weighted by Crippen LogP contribution is 1.96. The quantitative estimate of drug-likeness (QED) is 0.530. The summed E-state index contributed by atoms with van der Waals surface area (Å²) in [4.78, 5) is 0. The van der Waals surface area contributed by atoms with Gasteiger partial charge >= 0.3 is 0 Å². The molecule has 0 bridgehead atoms. The van der Waals surface area contributed by atoms with Gasteiger partial charge in [-0.1, -0.05) is 13.8 Å². The maximum absolute atomic E-state index is 11.8. The van der Waals surface area contributed by atoms with Crippen LogP contribution in [0, 0.1) is 0 Å². The maximum Gasteiger partial charge on any atom is 0.279 e. The summed E-state index contributed by atoms with van der Waals surface area (Å²) in [5, 5.41) is 3.25. The van der Waals surface area contributed by atoms with Gasteiger partial charge in [-0.25, -0.2) is 4.72 Å². The molecule has 2 N–H and O–H groups in total. The maximum atomic E-state index is 11.8. The van der Waals surface area contributed by atoms with E-state index < -0.39 is 10.2 Å². The van der Waals surface area contributed by atoms with Gasteiger partial charge in [0, 0.05) is 39.9 Å². The fourth-order valence-electron chi connectivity index (χ4n) is 1.34. The fraction of sp³-hybridized carbons (Fsp3) is 1.00. The average molecular weight is 281 g/mol. The van der Waals surface area contributed by atoms with E-state index in [1.807, 2.05) is 0 Å². The molecule has 0 aliphatic carbocycles. The molecule has 6 nitrogen and oxygen atoms in total. The van der Waals surface area contributed by atoms with Crippen molar-refractivity contribution in [3.8, 4) is 0 Å². The van der Waals surface area contributed by atoms with Crippen molar-refractivity contribution in [2.75, 3.05) is 40.4 Å². The normalized spacial score (nSPS) is 12.6. The molecule has 110 valence electrons. The molecule has 0 aliphatic heterocycles. The second-order valence-electron chi connectivity index (χ2n) is 4.53. The van der Waals surface area contributed by atoms with Crippen LogP contribution < -0.4 is 10.0 Å². The molecule has 0 saturated heterocycles. The Labute approximate surface area is 111 Å². The first kappa shape index (κ1) is 17.8. The molecule has 0 aromatic rings. The molecule has 0 fully saturated rings. The van der Waals surface area contributed by atoms with Gasteiger partial charge in [-0.15, -0.1) is 0 Å². The van der Waals surface area contributed by atoms with Crippen LogP contribution in [0.25, 0.3) is 0 Å². The van der Waals surface area contributed by atoms with Crippen molar-refractivity contribution in [2.45, 2.75) is 32.7 Å². The average Bonchev–Trinajstić information content (AvgIpc) is 2.29. The predicted octanol–water partition coefficient (Wildman–Crippen LogP) is 0.177. The summed E-state index contributed by atoms with van der Waals surface area (Å²) < 4.78 is 32.3. The summed E-state index contributed by atoms with van der Waals surface area (Å²) in [6.45, 7) is 6.44. The molecule has 0 aliphatic rings. The third-order valence-electron chi connectivity index (χ3n) is 2.42. The van der Waals surface area contributed by atoms with Crippen molar-refractivity contribution >= 4 is 10.2 Å². The SMILES string of the molecule is COCCCNS(=O)(=O)N(C)CCCNC(C)C. The Balaban J connectivity index is 3.81. The van der Waals surface area contributed by atoms with Gasteiger partial charge in [0.15, 0.2) is 0 Å². The number of nitrogens with one attached hydrogen (secondary N) is 2. The Bertz CT molecular complexity index is 294. The summed E-state index contributed by atoms with van der Waals surface area (Å²) in [5.74, 6) is 0. The lowest BCUT2D eigenvalue weighted by Gasteiger charge is -2.18. The number of ether oxygens (including phenoxy) is 1. The second kappa shape index (κ2) is 9.69. The van der Waals surface area contributed by atoms with Crippen molar-refractivity contribution in [1.29, 1.82) is 0 Å². The van der Waals surface area contributed by atoms with Crippen molar-refractivity contribution in [1.82, 2.24) is 14.3 Å². The van der Waals surface area contributed by atoms with Crippen molar-refractivity contribution < 1.29 is 13.2 Å². The van der Waals surface area contributed by atoms with E-state index in [0.717, 1.165) is 13.0 Å². The first-order chi connectivity index (χ1) is 8.40. The van der Waals surface area contributed by atoms with Gasteiger partial charge in [0.1, 0.15) is 0 Å². The van der Waals surface area contributed by atoms with Crippen LogP contribution in [0.4, 0.5) is 0 Å². The molecule has 0 aromatic carbocycles. The number of methoxy groups -OCH3 is 1. The minimum Gasteiger partial charge on any atom is -0.385 e. The van der Waals surface area contributed by atoms with E-state index in [1.165, 1.54) is 4.31 Å². The van der Waals surface area contributed by atoms with Gasteiger partial charge in [-0.3, -0.25) is 0 Å². The minimum atomic E-state index is -3.34. The zero-order valence-corrected chi connectivity index (χ0v) is 12.7. The Morgan fingerprint density at radius 2 is 1.89 bits per heavy atom. The lowest BCUT2D eigenvalue weighted by atomic mass is 10.3. The first-order valence-electron chi connectivity index (χ1n) is 6.33. The van der Waals surface area contributed by atoms with Crippen molar-refractivity contribution in [3.05, 3.63) is 0 Å². The number of rotatable bonds is 11. The molecule has 7 heteroatoms. The summed E-state index contributed by atoms with van der Waals surface area (Å²) in [6.07, 6.45) is 1.48. The van der Waals surface area contributed by atoms with Gasteiger partial charge in [-0.2, -0.15) is 12.7 Å². The van der Waals surface area contributed by atoms with Crippen LogP contribution in [0.1, 0.15) is 26.7 Å². The molecule has 18 heavy (non-hydrogen) atoms. The van der Waals surface area contributed by atoms with E-state index in [9.17, 15) is 8.42 Å². The highest BCUT2D eigenvalue weighted by Gasteiger charge is 2.15. The molecular weight excluding hydrogens is 254 g/mol.